The van der Waals surface area contributed by atoms with Gasteiger partial charge in [-0.1, -0.05) is 62.9 Å². The summed E-state index contributed by atoms with van der Waals surface area (Å²) in [5.41, 5.74) is 1.77. The van der Waals surface area contributed by atoms with Crippen molar-refractivity contribution in [3.63, 3.8) is 0 Å². The first-order chi connectivity index (χ1) is 11.8. The molecular formula is C21H28FNO. The van der Waals surface area contributed by atoms with Crippen molar-refractivity contribution in [2.45, 2.75) is 52.2 Å². The highest BCUT2D eigenvalue weighted by atomic mass is 19.1. The number of halogens is 1. The van der Waals surface area contributed by atoms with Crippen LogP contribution in [0.15, 0.2) is 48.5 Å². The van der Waals surface area contributed by atoms with E-state index in [0.29, 0.717) is 5.56 Å². The predicted octanol–water partition coefficient (Wildman–Crippen LogP) is 5.46. The molecule has 0 atom stereocenters. The molecule has 0 radical (unpaired) electrons. The average Bonchev–Trinajstić information content (AvgIpc) is 2.61. The summed E-state index contributed by atoms with van der Waals surface area (Å²) in [6.07, 6.45) is 6.47. The fraction of sp³-hybridized carbons (Fsp3) is 0.429. The summed E-state index contributed by atoms with van der Waals surface area (Å²) in [4.78, 5) is 0. The van der Waals surface area contributed by atoms with Crippen LogP contribution in [-0.4, -0.2) is 6.54 Å². The molecule has 130 valence electrons. The van der Waals surface area contributed by atoms with Gasteiger partial charge < -0.3 is 10.1 Å². The molecule has 1 N–H and O–H groups in total. The maximum Gasteiger partial charge on any atom is 0.129 e. The third kappa shape index (κ3) is 6.71. The highest BCUT2D eigenvalue weighted by molar-refractivity contribution is 5.29. The van der Waals surface area contributed by atoms with E-state index in [9.17, 15) is 4.39 Å². The lowest BCUT2D eigenvalue weighted by atomic mass is 10.1. The largest absolute Gasteiger partial charge is 0.489 e. The van der Waals surface area contributed by atoms with Crippen LogP contribution in [-0.2, 0) is 13.2 Å². The number of hydrogen-bond acceptors (Lipinski definition) is 2. The van der Waals surface area contributed by atoms with Gasteiger partial charge in [0.2, 0.25) is 0 Å². The molecule has 0 spiro atoms. The maximum absolute atomic E-state index is 13.6. The van der Waals surface area contributed by atoms with Crippen LogP contribution in [0.2, 0.25) is 0 Å². The van der Waals surface area contributed by atoms with E-state index in [1.54, 1.807) is 12.1 Å². The van der Waals surface area contributed by atoms with Crippen LogP contribution < -0.4 is 10.1 Å². The van der Waals surface area contributed by atoms with E-state index in [0.717, 1.165) is 18.8 Å². The zero-order valence-corrected chi connectivity index (χ0v) is 14.6. The molecule has 2 aromatic carbocycles. The maximum atomic E-state index is 13.6. The third-order valence-corrected chi connectivity index (χ3v) is 4.04. The summed E-state index contributed by atoms with van der Waals surface area (Å²) < 4.78 is 19.3. The minimum Gasteiger partial charge on any atom is -0.489 e. The predicted molar refractivity (Wildman–Crippen MR) is 97.6 cm³/mol. The van der Waals surface area contributed by atoms with E-state index in [4.69, 9.17) is 4.74 Å². The Hall–Kier alpha value is -1.87. The molecule has 2 aromatic rings. The Morgan fingerprint density at radius 1 is 0.958 bits per heavy atom. The molecular weight excluding hydrogens is 301 g/mol. The Bertz CT molecular complexity index is 600. The number of unbranched alkanes of at least 4 members (excludes halogenated alkanes) is 4. The highest BCUT2D eigenvalue weighted by Gasteiger charge is 2.02. The van der Waals surface area contributed by atoms with E-state index in [2.05, 4.69) is 18.3 Å². The monoisotopic (exact) mass is 329 g/mol. The summed E-state index contributed by atoms with van der Waals surface area (Å²) >= 11 is 0. The number of hydrogen-bond donors (Lipinski definition) is 1. The first-order valence-corrected chi connectivity index (χ1v) is 8.95. The number of benzene rings is 2. The van der Waals surface area contributed by atoms with E-state index in [1.165, 1.54) is 43.7 Å². The summed E-state index contributed by atoms with van der Waals surface area (Å²) in [7, 11) is 0. The van der Waals surface area contributed by atoms with Gasteiger partial charge in [-0.05, 0) is 36.7 Å². The van der Waals surface area contributed by atoms with Gasteiger partial charge in [0.1, 0.15) is 18.2 Å². The Morgan fingerprint density at radius 3 is 2.62 bits per heavy atom. The van der Waals surface area contributed by atoms with Crippen LogP contribution in [0, 0.1) is 5.82 Å². The minimum atomic E-state index is -0.224. The molecule has 2 nitrogen and oxygen atoms in total. The van der Waals surface area contributed by atoms with Crippen LogP contribution in [0.3, 0.4) is 0 Å². The number of ether oxygens (including phenoxy) is 1. The average molecular weight is 329 g/mol. The van der Waals surface area contributed by atoms with Gasteiger partial charge in [-0.15, -0.1) is 0 Å². The first-order valence-electron chi connectivity index (χ1n) is 8.95. The van der Waals surface area contributed by atoms with Gasteiger partial charge in [-0.3, -0.25) is 0 Å². The zero-order chi connectivity index (χ0) is 17.0. The van der Waals surface area contributed by atoms with Gasteiger partial charge in [0.15, 0.2) is 0 Å². The fourth-order valence-electron chi connectivity index (χ4n) is 2.61. The van der Waals surface area contributed by atoms with Gasteiger partial charge >= 0.3 is 0 Å². The Balaban J connectivity index is 1.72. The smallest absolute Gasteiger partial charge is 0.129 e. The second-order valence-electron chi connectivity index (χ2n) is 6.12. The minimum absolute atomic E-state index is 0.224. The second-order valence-corrected chi connectivity index (χ2v) is 6.12. The van der Waals surface area contributed by atoms with Gasteiger partial charge in [0.05, 0.1) is 0 Å². The lowest BCUT2D eigenvalue weighted by Crippen LogP contribution is -2.14. The normalized spacial score (nSPS) is 10.8. The molecule has 0 aliphatic heterocycles. The van der Waals surface area contributed by atoms with Crippen LogP contribution in [0.25, 0.3) is 0 Å². The second kappa shape index (κ2) is 10.8. The third-order valence-electron chi connectivity index (χ3n) is 4.04. The molecule has 0 saturated heterocycles. The zero-order valence-electron chi connectivity index (χ0n) is 14.6. The van der Waals surface area contributed by atoms with E-state index >= 15 is 0 Å². The molecule has 0 unspecified atom stereocenters. The molecule has 0 fully saturated rings. The Labute approximate surface area is 145 Å². The molecule has 0 aromatic heterocycles. The molecule has 0 saturated carbocycles. The number of rotatable bonds is 11. The van der Waals surface area contributed by atoms with Gasteiger partial charge in [-0.2, -0.15) is 0 Å². The van der Waals surface area contributed by atoms with Crippen LogP contribution in [0.4, 0.5) is 4.39 Å². The van der Waals surface area contributed by atoms with Gasteiger partial charge in [0.25, 0.3) is 0 Å². The van der Waals surface area contributed by atoms with Gasteiger partial charge in [-0.25, -0.2) is 4.39 Å². The lowest BCUT2D eigenvalue weighted by Gasteiger charge is -2.09. The molecule has 0 aliphatic carbocycles. The van der Waals surface area contributed by atoms with Crippen molar-refractivity contribution in [3.8, 4) is 5.75 Å². The Kier molecular flexibility index (Phi) is 8.33. The van der Waals surface area contributed by atoms with E-state index < -0.39 is 0 Å². The molecule has 0 aliphatic rings. The molecule has 0 bridgehead atoms. The molecule has 0 amide bonds. The first kappa shape index (κ1) is 18.5. The van der Waals surface area contributed by atoms with Crippen molar-refractivity contribution < 1.29 is 9.13 Å². The summed E-state index contributed by atoms with van der Waals surface area (Å²) in [6.45, 7) is 4.37. The van der Waals surface area contributed by atoms with Crippen molar-refractivity contribution in [3.05, 3.63) is 65.5 Å². The number of nitrogens with one attached hydrogen (secondary N) is 1. The topological polar surface area (TPSA) is 21.3 Å². The molecule has 3 heteroatoms. The standard InChI is InChI=1S/C21H28FNO/c1-2-3-4-5-8-14-23-16-18-10-9-12-20(15-18)24-17-19-11-6-7-13-21(19)22/h6-7,9-13,15,23H,2-5,8,14,16-17H2,1H3. The summed E-state index contributed by atoms with van der Waals surface area (Å²) in [5.74, 6) is 0.555. The van der Waals surface area contributed by atoms with Crippen molar-refractivity contribution in [1.29, 1.82) is 0 Å². The fourth-order valence-corrected chi connectivity index (χ4v) is 2.61. The molecule has 0 heterocycles. The van der Waals surface area contributed by atoms with Crippen molar-refractivity contribution >= 4 is 0 Å². The SMILES string of the molecule is CCCCCCCNCc1cccc(OCc2ccccc2F)c1. The van der Waals surface area contributed by atoms with Crippen molar-refractivity contribution in [1.82, 2.24) is 5.32 Å². The van der Waals surface area contributed by atoms with Crippen LogP contribution >= 0.6 is 0 Å². The van der Waals surface area contributed by atoms with E-state index in [-0.39, 0.29) is 12.4 Å². The molecule has 24 heavy (non-hydrogen) atoms. The van der Waals surface area contributed by atoms with E-state index in [1.807, 2.05) is 24.3 Å². The summed E-state index contributed by atoms with van der Waals surface area (Å²) in [5, 5.41) is 3.47. The van der Waals surface area contributed by atoms with Gasteiger partial charge in [0, 0.05) is 12.1 Å². The highest BCUT2D eigenvalue weighted by Crippen LogP contribution is 2.16. The quantitative estimate of drug-likeness (QED) is 0.552. The van der Waals surface area contributed by atoms with Crippen molar-refractivity contribution in [2.24, 2.45) is 0 Å². The molecule has 2 rings (SSSR count). The van der Waals surface area contributed by atoms with Crippen LogP contribution in [0.5, 0.6) is 5.75 Å². The van der Waals surface area contributed by atoms with Crippen LogP contribution in [0.1, 0.15) is 50.2 Å². The Morgan fingerprint density at radius 2 is 1.79 bits per heavy atom. The lowest BCUT2D eigenvalue weighted by molar-refractivity contribution is 0.299. The summed E-state index contributed by atoms with van der Waals surface area (Å²) in [6, 6.07) is 14.7. The van der Waals surface area contributed by atoms with Crippen molar-refractivity contribution in [2.75, 3.05) is 6.54 Å².